The van der Waals surface area contributed by atoms with Gasteiger partial charge < -0.3 is 14.5 Å². The zero-order chi connectivity index (χ0) is 16.1. The Bertz CT molecular complexity index is 435. The van der Waals surface area contributed by atoms with E-state index in [1.165, 1.54) is 0 Å². The second-order valence-electron chi connectivity index (χ2n) is 5.76. The predicted molar refractivity (Wildman–Crippen MR) is 80.3 cm³/mol. The fraction of sp³-hybridized carbons (Fsp3) is 0.800. The lowest BCUT2D eigenvalue weighted by atomic mass is 10.2. The number of ether oxygens (including phenoxy) is 1. The summed E-state index contributed by atoms with van der Waals surface area (Å²) in [6.07, 6.45) is 1.10. The van der Waals surface area contributed by atoms with E-state index in [0.717, 1.165) is 0 Å². The van der Waals surface area contributed by atoms with Gasteiger partial charge in [-0.05, 0) is 13.3 Å². The van der Waals surface area contributed by atoms with Crippen LogP contribution < -0.4 is 5.32 Å². The van der Waals surface area contributed by atoms with Gasteiger partial charge in [0.25, 0.3) is 0 Å². The maximum absolute atomic E-state index is 12.5. The summed E-state index contributed by atoms with van der Waals surface area (Å²) in [5.41, 5.74) is 0. The molecule has 2 saturated heterocycles. The van der Waals surface area contributed by atoms with Gasteiger partial charge in [0, 0.05) is 26.1 Å². The molecule has 7 nitrogen and oxygen atoms in total. The van der Waals surface area contributed by atoms with E-state index in [2.05, 4.69) is 5.32 Å². The van der Waals surface area contributed by atoms with Crippen LogP contribution in [0.15, 0.2) is 0 Å². The molecule has 0 unspecified atom stereocenters. The first-order chi connectivity index (χ1) is 10.5. The molecule has 2 aliphatic rings. The largest absolute Gasteiger partial charge is 0.378 e. The number of morpholine rings is 1. The van der Waals surface area contributed by atoms with Crippen molar-refractivity contribution in [2.24, 2.45) is 0 Å². The number of nitrogens with one attached hydrogen (secondary N) is 1. The molecule has 0 aliphatic carbocycles. The average molecular weight is 311 g/mol. The Balaban J connectivity index is 1.88. The van der Waals surface area contributed by atoms with Gasteiger partial charge in [-0.1, -0.05) is 6.92 Å². The maximum Gasteiger partial charge on any atom is 0.245 e. The van der Waals surface area contributed by atoms with Gasteiger partial charge in [-0.3, -0.25) is 19.7 Å². The third-order valence-electron chi connectivity index (χ3n) is 4.33. The fourth-order valence-electron chi connectivity index (χ4n) is 2.82. The number of amides is 2. The van der Waals surface area contributed by atoms with Crippen molar-refractivity contribution in [3.63, 3.8) is 0 Å². The molecule has 2 fully saturated rings. The van der Waals surface area contributed by atoms with Crippen LogP contribution in [-0.2, 0) is 19.1 Å². The van der Waals surface area contributed by atoms with E-state index in [-0.39, 0.29) is 30.2 Å². The van der Waals surface area contributed by atoms with Gasteiger partial charge in [0.15, 0.2) is 0 Å². The molecule has 0 bridgehead atoms. The number of rotatable bonds is 6. The number of hydrogen-bond acceptors (Lipinski definition) is 5. The van der Waals surface area contributed by atoms with Crippen LogP contribution >= 0.6 is 0 Å². The van der Waals surface area contributed by atoms with E-state index in [9.17, 15) is 14.4 Å². The van der Waals surface area contributed by atoms with Crippen LogP contribution in [0.2, 0.25) is 0 Å². The molecule has 2 heterocycles. The molecular formula is C15H25N3O4. The summed E-state index contributed by atoms with van der Waals surface area (Å²) in [4.78, 5) is 39.6. The minimum absolute atomic E-state index is 0.0260. The normalized spacial score (nSPS) is 23.7. The number of likely N-dealkylation sites (tertiary alicyclic amines) is 1. The third-order valence-corrected chi connectivity index (χ3v) is 4.33. The summed E-state index contributed by atoms with van der Waals surface area (Å²) in [6.45, 7) is 6.60. The molecular weight excluding hydrogens is 286 g/mol. The Morgan fingerprint density at radius 3 is 2.64 bits per heavy atom. The minimum Gasteiger partial charge on any atom is -0.378 e. The summed E-state index contributed by atoms with van der Waals surface area (Å²) in [5, 5.41) is 3.00. The van der Waals surface area contributed by atoms with Gasteiger partial charge in [0.1, 0.15) is 11.8 Å². The van der Waals surface area contributed by atoms with Gasteiger partial charge in [-0.25, -0.2) is 0 Å². The molecule has 0 aromatic heterocycles. The van der Waals surface area contributed by atoms with Crippen molar-refractivity contribution in [3.8, 4) is 0 Å². The second kappa shape index (κ2) is 7.69. The summed E-state index contributed by atoms with van der Waals surface area (Å²) < 4.78 is 5.24. The first-order valence-corrected chi connectivity index (χ1v) is 7.96. The zero-order valence-corrected chi connectivity index (χ0v) is 13.3. The van der Waals surface area contributed by atoms with Crippen molar-refractivity contribution >= 4 is 17.6 Å². The van der Waals surface area contributed by atoms with Gasteiger partial charge in [-0.2, -0.15) is 0 Å². The SMILES string of the molecule is CCC(=O)CN[C@H]1CCN([C@@H](C)C(=O)N2CCOCC2)C1=O. The van der Waals surface area contributed by atoms with Gasteiger partial charge in [0.2, 0.25) is 11.8 Å². The van der Waals surface area contributed by atoms with Crippen LogP contribution in [0.3, 0.4) is 0 Å². The Morgan fingerprint density at radius 2 is 2.00 bits per heavy atom. The molecule has 22 heavy (non-hydrogen) atoms. The molecule has 0 aromatic rings. The van der Waals surface area contributed by atoms with Crippen LogP contribution in [0.1, 0.15) is 26.7 Å². The van der Waals surface area contributed by atoms with Crippen LogP contribution in [0, 0.1) is 0 Å². The highest BCUT2D eigenvalue weighted by Crippen LogP contribution is 2.16. The quantitative estimate of drug-likeness (QED) is 0.709. The molecule has 0 radical (unpaired) electrons. The average Bonchev–Trinajstić information content (AvgIpc) is 2.92. The topological polar surface area (TPSA) is 79.0 Å². The summed E-state index contributed by atoms with van der Waals surface area (Å²) in [5.74, 6) is -0.0244. The van der Waals surface area contributed by atoms with E-state index in [4.69, 9.17) is 4.74 Å². The number of Topliss-reactive ketones (excluding diaryl/α,β-unsaturated/α-hetero) is 1. The highest BCUT2D eigenvalue weighted by Gasteiger charge is 2.38. The summed E-state index contributed by atoms with van der Waals surface area (Å²) in [7, 11) is 0. The van der Waals surface area contributed by atoms with Crippen molar-refractivity contribution < 1.29 is 19.1 Å². The van der Waals surface area contributed by atoms with Gasteiger partial charge >= 0.3 is 0 Å². The smallest absolute Gasteiger partial charge is 0.245 e. The molecule has 0 saturated carbocycles. The molecule has 2 atom stereocenters. The fourth-order valence-corrected chi connectivity index (χ4v) is 2.82. The molecule has 0 aromatic carbocycles. The van der Waals surface area contributed by atoms with Crippen LogP contribution in [0.25, 0.3) is 0 Å². The lowest BCUT2D eigenvalue weighted by Crippen LogP contribution is -2.52. The van der Waals surface area contributed by atoms with Crippen molar-refractivity contribution in [1.29, 1.82) is 0 Å². The molecule has 1 N–H and O–H groups in total. The lowest BCUT2D eigenvalue weighted by Gasteiger charge is -2.32. The van der Waals surface area contributed by atoms with Gasteiger partial charge in [0.05, 0.1) is 25.8 Å². The van der Waals surface area contributed by atoms with Crippen molar-refractivity contribution in [3.05, 3.63) is 0 Å². The van der Waals surface area contributed by atoms with Crippen molar-refractivity contribution in [2.75, 3.05) is 39.4 Å². The summed E-state index contributed by atoms with van der Waals surface area (Å²) in [6, 6.07) is -0.810. The van der Waals surface area contributed by atoms with E-state index in [1.54, 1.807) is 23.6 Å². The highest BCUT2D eigenvalue weighted by molar-refractivity contribution is 5.91. The molecule has 2 amide bonds. The van der Waals surface area contributed by atoms with Crippen molar-refractivity contribution in [1.82, 2.24) is 15.1 Å². The predicted octanol–water partition coefficient (Wildman–Crippen LogP) is -0.597. The van der Waals surface area contributed by atoms with Crippen LogP contribution in [0.5, 0.6) is 0 Å². The maximum atomic E-state index is 12.5. The van der Waals surface area contributed by atoms with E-state index >= 15 is 0 Å². The lowest BCUT2D eigenvalue weighted by molar-refractivity contribution is -0.146. The Hall–Kier alpha value is -1.47. The van der Waals surface area contributed by atoms with E-state index < -0.39 is 6.04 Å². The number of hydrogen-bond donors (Lipinski definition) is 1. The second-order valence-corrected chi connectivity index (χ2v) is 5.76. The van der Waals surface area contributed by atoms with E-state index in [1.807, 2.05) is 0 Å². The Labute approximate surface area is 131 Å². The number of carbonyl (C=O) groups is 3. The number of carbonyl (C=O) groups excluding carboxylic acids is 3. The number of nitrogens with zero attached hydrogens (tertiary/aromatic N) is 2. The molecule has 0 spiro atoms. The standard InChI is InChI=1S/C15H25N3O4/c1-3-12(19)10-16-13-4-5-18(15(13)21)11(2)14(20)17-6-8-22-9-7-17/h11,13,16H,3-10H2,1-2H3/t11-,13-/m0/s1. The Morgan fingerprint density at radius 1 is 1.32 bits per heavy atom. The Kier molecular flexibility index (Phi) is 5.90. The third kappa shape index (κ3) is 3.84. The highest BCUT2D eigenvalue weighted by atomic mass is 16.5. The monoisotopic (exact) mass is 311 g/mol. The molecule has 2 rings (SSSR count). The molecule has 2 aliphatic heterocycles. The van der Waals surface area contributed by atoms with Crippen LogP contribution in [0.4, 0.5) is 0 Å². The first kappa shape index (κ1) is 16.9. The summed E-state index contributed by atoms with van der Waals surface area (Å²) >= 11 is 0. The number of ketones is 1. The molecule has 7 heteroatoms. The van der Waals surface area contributed by atoms with Crippen LogP contribution in [-0.4, -0.2) is 78.9 Å². The van der Waals surface area contributed by atoms with E-state index in [0.29, 0.717) is 45.7 Å². The van der Waals surface area contributed by atoms with Gasteiger partial charge in [-0.15, -0.1) is 0 Å². The molecule has 124 valence electrons. The zero-order valence-electron chi connectivity index (χ0n) is 13.3. The first-order valence-electron chi connectivity index (χ1n) is 7.96. The van der Waals surface area contributed by atoms with Crippen molar-refractivity contribution in [2.45, 2.75) is 38.8 Å². The minimum atomic E-state index is -0.459.